The van der Waals surface area contributed by atoms with E-state index in [4.69, 9.17) is 0 Å². The van der Waals surface area contributed by atoms with E-state index < -0.39 is 0 Å². The third-order valence-electron chi connectivity index (χ3n) is 3.07. The maximum absolute atomic E-state index is 10.7. The summed E-state index contributed by atoms with van der Waals surface area (Å²) in [5.41, 5.74) is 0.242. The Morgan fingerprint density at radius 3 is 2.00 bits per heavy atom. The lowest BCUT2D eigenvalue weighted by atomic mass is 10.1. The van der Waals surface area contributed by atoms with E-state index in [1.807, 2.05) is 0 Å². The first-order valence-electron chi connectivity index (χ1n) is 8.00. The molecule has 0 amide bonds. The van der Waals surface area contributed by atoms with Crippen LogP contribution in [0.4, 0.5) is 0 Å². The zero-order chi connectivity index (χ0) is 14.9. The number of unbranched alkanes of at least 4 members (excludes halogenated alkanes) is 5. The van der Waals surface area contributed by atoms with Gasteiger partial charge in [-0.05, 0) is 38.5 Å². The van der Waals surface area contributed by atoms with Crippen LogP contribution in [0, 0.1) is 0 Å². The Morgan fingerprint density at radius 2 is 1.35 bits per heavy atom. The van der Waals surface area contributed by atoms with Gasteiger partial charge >= 0.3 is 0 Å². The molecule has 0 aliphatic heterocycles. The lowest BCUT2D eigenvalue weighted by Gasteiger charge is -1.98. The molecule has 1 nitrogen and oxygen atoms in total. The standard InChI is InChI=1S/C18H31OP/c1-2-3-4-5-6-7-8-9-10-11-12-13-14-15-16-17-18(19)20/h3-4,6-7,9-10H,2,5,8,11-17,20H2,1H3/b4-3-,7-6-,10-9-. The van der Waals surface area contributed by atoms with Crippen LogP contribution in [0.3, 0.4) is 0 Å². The SMILES string of the molecule is CC/C=C\C/C=C\C/C=C\CCCCCCCC(=O)P. The van der Waals surface area contributed by atoms with Gasteiger partial charge in [-0.1, -0.05) is 71.9 Å². The molecule has 0 aliphatic carbocycles. The zero-order valence-electron chi connectivity index (χ0n) is 13.0. The monoisotopic (exact) mass is 294 g/mol. The lowest BCUT2D eigenvalue weighted by molar-refractivity contribution is -0.111. The van der Waals surface area contributed by atoms with Gasteiger partial charge in [-0.3, -0.25) is 4.79 Å². The maximum atomic E-state index is 10.7. The molecule has 0 heterocycles. The van der Waals surface area contributed by atoms with E-state index in [0.717, 1.165) is 32.1 Å². The van der Waals surface area contributed by atoms with Crippen molar-refractivity contribution in [2.24, 2.45) is 0 Å². The molecule has 0 fully saturated rings. The lowest BCUT2D eigenvalue weighted by Crippen LogP contribution is -1.85. The summed E-state index contributed by atoms with van der Waals surface area (Å²) in [6.45, 7) is 2.16. The Labute approximate surface area is 127 Å². The molecule has 0 aromatic carbocycles. The number of allylic oxidation sites excluding steroid dienone is 6. The molecule has 0 saturated heterocycles. The van der Waals surface area contributed by atoms with Gasteiger partial charge in [-0.15, -0.1) is 0 Å². The molecule has 0 aliphatic rings. The molecule has 0 bridgehead atoms. The molecular formula is C18H31OP. The fraction of sp³-hybridized carbons (Fsp3) is 0.611. The summed E-state index contributed by atoms with van der Waals surface area (Å²) >= 11 is 0. The highest BCUT2D eigenvalue weighted by atomic mass is 31.0. The van der Waals surface area contributed by atoms with Crippen molar-refractivity contribution in [1.82, 2.24) is 0 Å². The van der Waals surface area contributed by atoms with Crippen molar-refractivity contribution in [2.45, 2.75) is 71.1 Å². The van der Waals surface area contributed by atoms with Gasteiger partial charge in [-0.25, -0.2) is 0 Å². The molecule has 114 valence electrons. The van der Waals surface area contributed by atoms with Crippen molar-refractivity contribution in [2.75, 3.05) is 0 Å². The van der Waals surface area contributed by atoms with Crippen LogP contribution >= 0.6 is 9.24 Å². The highest BCUT2D eigenvalue weighted by Crippen LogP contribution is 2.09. The van der Waals surface area contributed by atoms with Gasteiger partial charge in [0.1, 0.15) is 5.52 Å². The molecule has 1 unspecified atom stereocenters. The average molecular weight is 294 g/mol. The van der Waals surface area contributed by atoms with Crippen LogP contribution in [0.1, 0.15) is 71.1 Å². The first kappa shape index (κ1) is 19.3. The van der Waals surface area contributed by atoms with Crippen LogP contribution < -0.4 is 0 Å². The van der Waals surface area contributed by atoms with Crippen molar-refractivity contribution in [3.63, 3.8) is 0 Å². The molecule has 0 rings (SSSR count). The van der Waals surface area contributed by atoms with Crippen molar-refractivity contribution in [3.8, 4) is 0 Å². The number of carbonyl (C=O) groups excluding carboxylic acids is 1. The molecule has 0 radical (unpaired) electrons. The maximum Gasteiger partial charge on any atom is 0.148 e. The minimum absolute atomic E-state index is 0.242. The number of hydrogen-bond donors (Lipinski definition) is 0. The van der Waals surface area contributed by atoms with Crippen LogP contribution in [-0.2, 0) is 4.79 Å². The number of carbonyl (C=O) groups is 1. The first-order chi connectivity index (χ1) is 9.77. The van der Waals surface area contributed by atoms with Gasteiger partial charge in [0.2, 0.25) is 0 Å². The highest BCUT2D eigenvalue weighted by Gasteiger charge is 1.93. The fourth-order valence-corrected chi connectivity index (χ4v) is 2.12. The second-order valence-corrected chi connectivity index (χ2v) is 5.71. The summed E-state index contributed by atoms with van der Waals surface area (Å²) in [5.74, 6) is 0. The van der Waals surface area contributed by atoms with E-state index >= 15 is 0 Å². The molecule has 2 heteroatoms. The molecule has 20 heavy (non-hydrogen) atoms. The largest absolute Gasteiger partial charge is 0.295 e. The summed E-state index contributed by atoms with van der Waals surface area (Å²) in [5, 5.41) is 0. The van der Waals surface area contributed by atoms with Gasteiger partial charge in [0.25, 0.3) is 0 Å². The van der Waals surface area contributed by atoms with Crippen LogP contribution in [0.2, 0.25) is 0 Å². The van der Waals surface area contributed by atoms with Crippen LogP contribution in [-0.4, -0.2) is 5.52 Å². The molecule has 0 saturated carbocycles. The number of rotatable bonds is 13. The average Bonchev–Trinajstić information content (AvgIpc) is 2.43. The fourth-order valence-electron chi connectivity index (χ4n) is 1.92. The van der Waals surface area contributed by atoms with Gasteiger partial charge in [0.05, 0.1) is 0 Å². The summed E-state index contributed by atoms with van der Waals surface area (Å²) in [6.07, 6.45) is 24.6. The van der Waals surface area contributed by atoms with E-state index in [0.29, 0.717) is 0 Å². The molecular weight excluding hydrogens is 263 g/mol. The summed E-state index contributed by atoms with van der Waals surface area (Å²) < 4.78 is 0. The molecule has 1 atom stereocenters. The van der Waals surface area contributed by atoms with Gasteiger partial charge in [-0.2, -0.15) is 0 Å². The van der Waals surface area contributed by atoms with Crippen molar-refractivity contribution >= 4 is 14.8 Å². The summed E-state index contributed by atoms with van der Waals surface area (Å²) in [4.78, 5) is 10.7. The topological polar surface area (TPSA) is 17.1 Å². The van der Waals surface area contributed by atoms with E-state index in [1.165, 1.54) is 32.1 Å². The zero-order valence-corrected chi connectivity index (χ0v) is 14.2. The highest BCUT2D eigenvalue weighted by molar-refractivity contribution is 7.40. The Hall–Kier alpha value is -0.680. The molecule has 0 aromatic heterocycles. The summed E-state index contributed by atoms with van der Waals surface area (Å²) in [7, 11) is 2.25. The summed E-state index contributed by atoms with van der Waals surface area (Å²) in [6, 6.07) is 0. The Kier molecular flexibility index (Phi) is 15.8. The third-order valence-corrected chi connectivity index (χ3v) is 3.36. The van der Waals surface area contributed by atoms with Crippen molar-refractivity contribution in [1.29, 1.82) is 0 Å². The minimum Gasteiger partial charge on any atom is -0.295 e. The predicted octanol–water partition coefficient (Wildman–Crippen LogP) is 5.98. The minimum atomic E-state index is 0.242. The molecule has 0 N–H and O–H groups in total. The third kappa shape index (κ3) is 17.3. The van der Waals surface area contributed by atoms with Crippen molar-refractivity contribution in [3.05, 3.63) is 36.5 Å². The van der Waals surface area contributed by atoms with E-state index in [9.17, 15) is 4.79 Å². The quantitative estimate of drug-likeness (QED) is 0.232. The van der Waals surface area contributed by atoms with Crippen LogP contribution in [0.15, 0.2) is 36.5 Å². The second kappa shape index (κ2) is 16.4. The Bertz CT molecular complexity index is 303. The van der Waals surface area contributed by atoms with E-state index in [2.05, 4.69) is 52.6 Å². The van der Waals surface area contributed by atoms with Crippen molar-refractivity contribution < 1.29 is 4.79 Å². The van der Waals surface area contributed by atoms with Crippen LogP contribution in [0.5, 0.6) is 0 Å². The first-order valence-corrected chi connectivity index (χ1v) is 8.58. The molecule has 0 spiro atoms. The predicted molar refractivity (Wildman–Crippen MR) is 94.0 cm³/mol. The van der Waals surface area contributed by atoms with Crippen LogP contribution in [0.25, 0.3) is 0 Å². The number of hydrogen-bond acceptors (Lipinski definition) is 1. The van der Waals surface area contributed by atoms with Gasteiger partial charge in [0, 0.05) is 6.42 Å². The van der Waals surface area contributed by atoms with E-state index in [-0.39, 0.29) is 5.52 Å². The van der Waals surface area contributed by atoms with Gasteiger partial charge in [0.15, 0.2) is 0 Å². The van der Waals surface area contributed by atoms with E-state index in [1.54, 1.807) is 0 Å². The smallest absolute Gasteiger partial charge is 0.148 e. The Balaban J connectivity index is 3.23. The second-order valence-electron chi connectivity index (χ2n) is 5.07. The van der Waals surface area contributed by atoms with Gasteiger partial charge < -0.3 is 0 Å². The normalized spacial score (nSPS) is 12.1. The Morgan fingerprint density at radius 1 is 0.800 bits per heavy atom. The molecule has 0 aromatic rings.